The summed E-state index contributed by atoms with van der Waals surface area (Å²) in [5, 5.41) is 32.8. The smallest absolute Gasteiger partial charge is 0.249 e. The molecular formula is C39H75NO4. The Balaban J connectivity index is 3.69. The first-order chi connectivity index (χ1) is 21.6. The van der Waals surface area contributed by atoms with Crippen molar-refractivity contribution in [3.05, 3.63) is 24.3 Å². The third-order valence-electron chi connectivity index (χ3n) is 8.79. The number of allylic oxidation sites excluding steroid dienone is 3. The lowest BCUT2D eigenvalue weighted by atomic mass is 10.0. The number of aliphatic hydroxyl groups is 3. The molecule has 3 unspecified atom stereocenters. The highest BCUT2D eigenvalue weighted by molar-refractivity contribution is 5.80. The maximum atomic E-state index is 12.3. The highest BCUT2D eigenvalue weighted by Gasteiger charge is 2.22. The summed E-state index contributed by atoms with van der Waals surface area (Å²) in [7, 11) is 0. The Labute approximate surface area is 273 Å². The van der Waals surface area contributed by atoms with E-state index in [1.54, 1.807) is 6.08 Å². The van der Waals surface area contributed by atoms with Crippen LogP contribution in [-0.4, -0.2) is 46.1 Å². The first-order valence-corrected chi connectivity index (χ1v) is 19.2. The predicted octanol–water partition coefficient (Wildman–Crippen LogP) is 10.3. The molecule has 0 fully saturated rings. The van der Waals surface area contributed by atoms with Crippen molar-refractivity contribution in [2.75, 3.05) is 6.61 Å². The summed E-state index contributed by atoms with van der Waals surface area (Å²) in [6.07, 6.45) is 40.8. The summed E-state index contributed by atoms with van der Waals surface area (Å²) in [5.74, 6) is -0.517. The number of hydrogen-bond donors (Lipinski definition) is 4. The summed E-state index contributed by atoms with van der Waals surface area (Å²) < 4.78 is 0. The second-order valence-electron chi connectivity index (χ2n) is 13.1. The Bertz CT molecular complexity index is 650. The van der Waals surface area contributed by atoms with E-state index in [4.69, 9.17) is 0 Å². The number of unbranched alkanes of at least 4 members (excludes halogenated alkanes) is 24. The molecule has 0 aliphatic heterocycles. The largest absolute Gasteiger partial charge is 0.394 e. The molecule has 0 aromatic heterocycles. The van der Waals surface area contributed by atoms with E-state index in [0.717, 1.165) is 38.5 Å². The van der Waals surface area contributed by atoms with Crippen LogP contribution in [0.3, 0.4) is 0 Å². The van der Waals surface area contributed by atoms with Crippen molar-refractivity contribution in [2.45, 2.75) is 212 Å². The van der Waals surface area contributed by atoms with E-state index in [0.29, 0.717) is 6.42 Å². The van der Waals surface area contributed by atoms with Crippen LogP contribution in [-0.2, 0) is 4.79 Å². The van der Waals surface area contributed by atoms with E-state index in [1.807, 2.05) is 6.08 Å². The van der Waals surface area contributed by atoms with Crippen LogP contribution in [0.2, 0.25) is 0 Å². The maximum absolute atomic E-state index is 12.3. The van der Waals surface area contributed by atoms with Gasteiger partial charge in [-0.25, -0.2) is 0 Å². The Morgan fingerprint density at radius 2 is 0.932 bits per heavy atom. The van der Waals surface area contributed by atoms with Gasteiger partial charge in [0.25, 0.3) is 0 Å². The summed E-state index contributed by atoms with van der Waals surface area (Å²) in [4.78, 5) is 12.3. The van der Waals surface area contributed by atoms with Gasteiger partial charge in [-0.2, -0.15) is 0 Å². The average Bonchev–Trinajstić information content (AvgIpc) is 3.03. The van der Waals surface area contributed by atoms with Crippen LogP contribution >= 0.6 is 0 Å². The molecule has 4 N–H and O–H groups in total. The number of hydrogen-bond acceptors (Lipinski definition) is 4. The highest BCUT2D eigenvalue weighted by Crippen LogP contribution is 2.15. The van der Waals surface area contributed by atoms with E-state index in [2.05, 4.69) is 31.3 Å². The third kappa shape index (κ3) is 29.5. The van der Waals surface area contributed by atoms with Gasteiger partial charge in [0.15, 0.2) is 0 Å². The van der Waals surface area contributed by atoms with E-state index in [9.17, 15) is 20.1 Å². The lowest BCUT2D eigenvalue weighted by Crippen LogP contribution is -2.48. The zero-order valence-corrected chi connectivity index (χ0v) is 29.3. The van der Waals surface area contributed by atoms with E-state index >= 15 is 0 Å². The number of carbonyl (C=O) groups excluding carboxylic acids is 1. The van der Waals surface area contributed by atoms with Crippen LogP contribution in [0.15, 0.2) is 24.3 Å². The molecule has 0 aliphatic rings. The molecule has 5 nitrogen and oxygen atoms in total. The number of aliphatic hydroxyl groups excluding tert-OH is 3. The number of rotatable bonds is 34. The molecule has 5 heteroatoms. The van der Waals surface area contributed by atoms with Crippen molar-refractivity contribution in [3.63, 3.8) is 0 Å². The van der Waals surface area contributed by atoms with Crippen LogP contribution < -0.4 is 5.32 Å². The Morgan fingerprint density at radius 3 is 1.39 bits per heavy atom. The summed E-state index contributed by atoms with van der Waals surface area (Å²) >= 11 is 0. The maximum Gasteiger partial charge on any atom is 0.249 e. The fourth-order valence-corrected chi connectivity index (χ4v) is 5.73. The normalized spacial score (nSPS) is 14.0. The highest BCUT2D eigenvalue weighted by atomic mass is 16.3. The Morgan fingerprint density at radius 1 is 0.545 bits per heavy atom. The first-order valence-electron chi connectivity index (χ1n) is 19.2. The Kier molecular flexibility index (Phi) is 33.8. The topological polar surface area (TPSA) is 89.8 Å². The fourth-order valence-electron chi connectivity index (χ4n) is 5.73. The molecule has 3 atom stereocenters. The summed E-state index contributed by atoms with van der Waals surface area (Å²) in [6, 6.07) is -0.808. The van der Waals surface area contributed by atoms with Gasteiger partial charge in [0, 0.05) is 0 Å². The van der Waals surface area contributed by atoms with Crippen LogP contribution in [0.1, 0.15) is 194 Å². The summed E-state index contributed by atoms with van der Waals surface area (Å²) in [5.41, 5.74) is 0. The van der Waals surface area contributed by atoms with Crippen LogP contribution in [0, 0.1) is 0 Å². The molecule has 0 bridgehead atoms. The molecule has 0 aromatic rings. The lowest BCUT2D eigenvalue weighted by molar-refractivity contribution is -0.131. The second kappa shape index (κ2) is 34.7. The minimum Gasteiger partial charge on any atom is -0.394 e. The molecule has 0 aliphatic carbocycles. The molecular weight excluding hydrogens is 546 g/mol. The van der Waals surface area contributed by atoms with Gasteiger partial charge in [0.2, 0.25) is 5.91 Å². The van der Waals surface area contributed by atoms with E-state index in [-0.39, 0.29) is 6.61 Å². The zero-order valence-electron chi connectivity index (χ0n) is 29.3. The van der Waals surface area contributed by atoms with Crippen molar-refractivity contribution in [2.24, 2.45) is 0 Å². The van der Waals surface area contributed by atoms with Crippen molar-refractivity contribution in [3.8, 4) is 0 Å². The fraction of sp³-hybridized carbons (Fsp3) is 0.872. The molecule has 260 valence electrons. The van der Waals surface area contributed by atoms with Gasteiger partial charge in [-0.05, 0) is 32.1 Å². The molecule has 0 rings (SSSR count). The molecule has 0 heterocycles. The van der Waals surface area contributed by atoms with Crippen molar-refractivity contribution in [1.82, 2.24) is 5.32 Å². The first kappa shape index (κ1) is 42.8. The van der Waals surface area contributed by atoms with Gasteiger partial charge in [0.05, 0.1) is 18.8 Å². The molecule has 0 spiro atoms. The van der Waals surface area contributed by atoms with Gasteiger partial charge in [-0.3, -0.25) is 4.79 Å². The second-order valence-corrected chi connectivity index (χ2v) is 13.1. The van der Waals surface area contributed by atoms with Gasteiger partial charge >= 0.3 is 0 Å². The van der Waals surface area contributed by atoms with E-state index in [1.165, 1.54) is 135 Å². The van der Waals surface area contributed by atoms with Crippen molar-refractivity contribution >= 4 is 5.91 Å². The predicted molar refractivity (Wildman–Crippen MR) is 190 cm³/mol. The van der Waals surface area contributed by atoms with E-state index < -0.39 is 24.2 Å². The van der Waals surface area contributed by atoms with Gasteiger partial charge in [0.1, 0.15) is 6.10 Å². The van der Waals surface area contributed by atoms with Gasteiger partial charge in [-0.1, -0.05) is 186 Å². The lowest BCUT2D eigenvalue weighted by Gasteiger charge is -2.21. The van der Waals surface area contributed by atoms with Crippen molar-refractivity contribution in [1.29, 1.82) is 0 Å². The molecule has 0 radical (unpaired) electrons. The van der Waals surface area contributed by atoms with Crippen molar-refractivity contribution < 1.29 is 20.1 Å². The monoisotopic (exact) mass is 622 g/mol. The standard InChI is InChI=1S/C39H75NO4/c1-3-5-7-9-11-13-14-15-16-17-18-19-20-21-22-23-24-25-26-28-29-31-33-37(42)36(35-41)40-39(44)38(43)34-32-30-27-12-10-8-6-4-2/h25-26,31,33,36-38,41-43H,3-24,27-30,32,34-35H2,1-2H3,(H,40,44)/b26-25+,33-31+. The van der Waals surface area contributed by atoms with Gasteiger partial charge in [-0.15, -0.1) is 0 Å². The molecule has 0 saturated heterocycles. The zero-order chi connectivity index (χ0) is 32.4. The Hall–Kier alpha value is -1.17. The minimum atomic E-state index is -1.10. The summed E-state index contributed by atoms with van der Waals surface area (Å²) in [6.45, 7) is 4.12. The van der Waals surface area contributed by atoms with Gasteiger partial charge < -0.3 is 20.6 Å². The van der Waals surface area contributed by atoms with Crippen LogP contribution in [0.25, 0.3) is 0 Å². The number of nitrogens with one attached hydrogen (secondary N) is 1. The quantitative estimate of drug-likeness (QED) is 0.0425. The van der Waals surface area contributed by atoms with Crippen LogP contribution in [0.5, 0.6) is 0 Å². The molecule has 44 heavy (non-hydrogen) atoms. The average molecular weight is 622 g/mol. The number of carbonyl (C=O) groups is 1. The molecule has 1 amide bonds. The number of amides is 1. The van der Waals surface area contributed by atoms with Crippen LogP contribution in [0.4, 0.5) is 0 Å². The molecule has 0 saturated carbocycles. The SMILES string of the molecule is CCCCCCCCCCCCCCCCCC/C=C/CC/C=C/C(O)C(CO)NC(=O)C(O)CCCCCCCCCC. The third-order valence-corrected chi connectivity index (χ3v) is 8.79. The minimum absolute atomic E-state index is 0.374. The molecule has 0 aromatic carbocycles.